The number of amides is 1. The number of benzene rings is 1. The third kappa shape index (κ3) is 11.7. The van der Waals surface area contributed by atoms with Gasteiger partial charge in [0.05, 0.1) is 18.4 Å². The third-order valence-electron chi connectivity index (χ3n) is 5.53. The summed E-state index contributed by atoms with van der Waals surface area (Å²) in [5.74, 6) is -2.91. The first-order valence-electron chi connectivity index (χ1n) is 12.4. The number of fused-ring (bicyclic) bond motifs is 1. The van der Waals surface area contributed by atoms with Crippen LogP contribution in [0.3, 0.4) is 0 Å². The summed E-state index contributed by atoms with van der Waals surface area (Å²) in [5.41, 5.74) is 18.9. The van der Waals surface area contributed by atoms with Gasteiger partial charge in [0.1, 0.15) is 6.04 Å². The van der Waals surface area contributed by atoms with Crippen LogP contribution in [0.25, 0.3) is 11.2 Å². The van der Waals surface area contributed by atoms with Gasteiger partial charge in [0.2, 0.25) is 5.95 Å². The van der Waals surface area contributed by atoms with Crippen molar-refractivity contribution in [3.05, 3.63) is 41.7 Å². The number of hydrogen-bond acceptors (Lipinski definition) is 11. The zero-order valence-electron chi connectivity index (χ0n) is 22.9. The van der Waals surface area contributed by atoms with E-state index in [9.17, 15) is 19.5 Å². The van der Waals surface area contributed by atoms with Gasteiger partial charge in [0, 0.05) is 24.7 Å². The highest BCUT2D eigenvalue weighted by molar-refractivity contribution is 5.97. The van der Waals surface area contributed by atoms with Crippen molar-refractivity contribution in [2.75, 3.05) is 30.0 Å². The van der Waals surface area contributed by atoms with Gasteiger partial charge in [-0.1, -0.05) is 19.8 Å². The number of nitrogen functional groups attached to an aromatic ring is 2. The molecule has 0 saturated carbocycles. The number of carbonyl (C=O) groups is 3. The Kier molecular flexibility index (Phi) is 16.2. The zero-order chi connectivity index (χ0) is 28.9. The summed E-state index contributed by atoms with van der Waals surface area (Å²) in [7, 11) is 1.82. The molecule has 0 aliphatic carbocycles. The third-order valence-corrected chi connectivity index (χ3v) is 5.53. The summed E-state index contributed by atoms with van der Waals surface area (Å²) < 4.78 is 0. The number of carboxylic acid groups (broad SMARTS) is 2. The van der Waals surface area contributed by atoms with Crippen molar-refractivity contribution in [3.63, 3.8) is 0 Å². The topological polar surface area (TPSA) is 268 Å². The zero-order valence-corrected chi connectivity index (χ0v) is 23.7. The number of aromatic nitrogens is 4. The number of carboxylic acids is 2. The molecule has 226 valence electrons. The van der Waals surface area contributed by atoms with Crippen LogP contribution in [0, 0.1) is 0 Å². The van der Waals surface area contributed by atoms with Gasteiger partial charge < -0.3 is 43.1 Å². The molecular formula is C25H38ClN9O6. The van der Waals surface area contributed by atoms with Crippen molar-refractivity contribution in [1.29, 1.82) is 0 Å². The second-order valence-corrected chi connectivity index (χ2v) is 8.70. The molecule has 11 N–H and O–H groups in total. The number of aliphatic carboxylic acids is 2. The Hall–Kier alpha value is -4.34. The summed E-state index contributed by atoms with van der Waals surface area (Å²) >= 11 is 0. The minimum absolute atomic E-state index is 0. The normalized spacial score (nSPS) is 10.7. The fourth-order valence-corrected chi connectivity index (χ4v) is 3.42. The highest BCUT2D eigenvalue weighted by Crippen LogP contribution is 2.19. The standard InChI is InChI=1S/C20H22N8O5.C5H13N.ClH.H2O/c1-28(9-11-8-23-17-15(24-11)16(21)26-20(22)27-17)12-4-2-10(3-5-12)18(31)25-13(19(32)33)6-7-14(29)30;1-2-3-4-5-6;;/h2-5,8,13H,6-7,9H2,1H3,(H,25,31)(H,29,30)(H,32,33)(H4,21,22,23,26,27);2-6H2,1H3;1H;1H2. The van der Waals surface area contributed by atoms with Crippen LogP contribution in [-0.2, 0) is 16.1 Å². The molecule has 0 aliphatic heterocycles. The lowest BCUT2D eigenvalue weighted by Gasteiger charge is -2.19. The fraction of sp³-hybridized carbons (Fsp3) is 0.400. The molecule has 0 spiro atoms. The van der Waals surface area contributed by atoms with Crippen molar-refractivity contribution in [3.8, 4) is 0 Å². The molecule has 41 heavy (non-hydrogen) atoms. The number of anilines is 3. The lowest BCUT2D eigenvalue weighted by Crippen LogP contribution is -2.41. The van der Waals surface area contributed by atoms with Gasteiger partial charge in [-0.25, -0.2) is 14.8 Å². The summed E-state index contributed by atoms with van der Waals surface area (Å²) in [6, 6.07) is 5.16. The first-order chi connectivity index (χ1) is 18.5. The van der Waals surface area contributed by atoms with E-state index in [0.717, 1.165) is 12.2 Å². The van der Waals surface area contributed by atoms with Crippen LogP contribution in [0.15, 0.2) is 30.5 Å². The van der Waals surface area contributed by atoms with Crippen molar-refractivity contribution < 1.29 is 30.1 Å². The summed E-state index contributed by atoms with van der Waals surface area (Å²) in [4.78, 5) is 52.7. The van der Waals surface area contributed by atoms with E-state index in [0.29, 0.717) is 23.4 Å². The Labute approximate surface area is 243 Å². The van der Waals surface area contributed by atoms with E-state index in [1.165, 1.54) is 31.4 Å². The van der Waals surface area contributed by atoms with E-state index >= 15 is 0 Å². The van der Waals surface area contributed by atoms with Gasteiger partial charge in [-0.15, -0.1) is 12.4 Å². The van der Waals surface area contributed by atoms with E-state index in [1.54, 1.807) is 18.3 Å². The quantitative estimate of drug-likeness (QED) is 0.160. The largest absolute Gasteiger partial charge is 0.481 e. The van der Waals surface area contributed by atoms with E-state index in [-0.39, 0.29) is 48.1 Å². The fourth-order valence-electron chi connectivity index (χ4n) is 3.42. The summed E-state index contributed by atoms with van der Waals surface area (Å²) in [5, 5.41) is 20.2. The van der Waals surface area contributed by atoms with Crippen molar-refractivity contribution in [2.45, 2.75) is 51.6 Å². The molecule has 0 radical (unpaired) electrons. The Morgan fingerprint density at radius 1 is 1.05 bits per heavy atom. The molecule has 0 fully saturated rings. The van der Waals surface area contributed by atoms with Crippen molar-refractivity contribution in [1.82, 2.24) is 25.3 Å². The SMILES string of the molecule is CCCCCN.CN(Cc1cnc2nc(N)nc(N)c2n1)c1ccc(C(=O)NC(CCC(=O)O)C(=O)O)cc1.Cl.O. The number of nitrogens with one attached hydrogen (secondary N) is 1. The maximum atomic E-state index is 12.4. The number of nitrogens with two attached hydrogens (primary N) is 3. The second kappa shape index (κ2) is 18.1. The van der Waals surface area contributed by atoms with Gasteiger partial charge in [0.15, 0.2) is 17.0 Å². The number of nitrogens with zero attached hydrogens (tertiary/aromatic N) is 5. The van der Waals surface area contributed by atoms with E-state index in [1.807, 2.05) is 11.9 Å². The lowest BCUT2D eigenvalue weighted by molar-refractivity contribution is -0.140. The number of carbonyl (C=O) groups excluding carboxylic acids is 1. The molecule has 15 nitrogen and oxygen atoms in total. The molecule has 1 atom stereocenters. The van der Waals surface area contributed by atoms with Gasteiger partial charge in [-0.3, -0.25) is 9.59 Å². The molecule has 0 saturated heterocycles. The predicted octanol–water partition coefficient (Wildman–Crippen LogP) is 1.00. The molecule has 2 aromatic heterocycles. The molecule has 16 heteroatoms. The minimum Gasteiger partial charge on any atom is -0.481 e. The van der Waals surface area contributed by atoms with Crippen molar-refractivity contribution in [2.24, 2.45) is 5.73 Å². The maximum absolute atomic E-state index is 12.4. The highest BCUT2D eigenvalue weighted by Gasteiger charge is 2.21. The Morgan fingerprint density at radius 2 is 1.71 bits per heavy atom. The van der Waals surface area contributed by atoms with Gasteiger partial charge in [-0.2, -0.15) is 9.97 Å². The predicted molar refractivity (Wildman–Crippen MR) is 158 cm³/mol. The molecule has 1 unspecified atom stereocenters. The van der Waals surface area contributed by atoms with E-state index in [2.05, 4.69) is 32.2 Å². The highest BCUT2D eigenvalue weighted by atomic mass is 35.5. The molecular weight excluding hydrogens is 558 g/mol. The van der Waals surface area contributed by atoms with Gasteiger partial charge >= 0.3 is 11.9 Å². The summed E-state index contributed by atoms with van der Waals surface area (Å²) in [6.45, 7) is 3.40. The van der Waals surface area contributed by atoms with Crippen LogP contribution in [-0.4, -0.2) is 73.1 Å². The van der Waals surface area contributed by atoms with Crippen LogP contribution in [0.1, 0.15) is 55.1 Å². The first-order valence-corrected chi connectivity index (χ1v) is 12.4. The summed E-state index contributed by atoms with van der Waals surface area (Å²) in [6.07, 6.45) is 4.72. The van der Waals surface area contributed by atoms with Crippen LogP contribution in [0.2, 0.25) is 0 Å². The lowest BCUT2D eigenvalue weighted by atomic mass is 10.1. The second-order valence-electron chi connectivity index (χ2n) is 8.70. The van der Waals surface area contributed by atoms with Gasteiger partial charge in [0.25, 0.3) is 5.91 Å². The number of halogens is 1. The number of unbranched alkanes of at least 4 members (excludes halogenated alkanes) is 2. The van der Waals surface area contributed by atoms with Crippen LogP contribution >= 0.6 is 12.4 Å². The molecule has 1 amide bonds. The molecule has 1 aromatic carbocycles. The smallest absolute Gasteiger partial charge is 0.326 e. The van der Waals surface area contributed by atoms with E-state index in [4.69, 9.17) is 22.3 Å². The first kappa shape index (κ1) is 36.7. The van der Waals surface area contributed by atoms with Crippen LogP contribution < -0.4 is 27.4 Å². The van der Waals surface area contributed by atoms with Crippen LogP contribution in [0.5, 0.6) is 0 Å². The van der Waals surface area contributed by atoms with Crippen molar-refractivity contribution >= 4 is 58.9 Å². The average molecular weight is 596 g/mol. The number of rotatable bonds is 12. The maximum Gasteiger partial charge on any atom is 0.326 e. The monoisotopic (exact) mass is 595 g/mol. The Morgan fingerprint density at radius 3 is 2.24 bits per heavy atom. The van der Waals surface area contributed by atoms with Crippen LogP contribution in [0.4, 0.5) is 17.5 Å². The molecule has 0 bridgehead atoms. The Balaban J connectivity index is 0.00000181. The molecule has 0 aliphatic rings. The molecule has 3 rings (SSSR count). The molecule has 3 aromatic rings. The average Bonchev–Trinajstić information content (AvgIpc) is 2.90. The minimum atomic E-state index is -1.30. The van der Waals surface area contributed by atoms with E-state index < -0.39 is 23.9 Å². The Bertz CT molecular complexity index is 1280. The molecule has 2 heterocycles. The number of hydrogen-bond donors (Lipinski definition) is 6. The van der Waals surface area contributed by atoms with Gasteiger partial charge in [-0.05, 0) is 43.7 Å².